The summed E-state index contributed by atoms with van der Waals surface area (Å²) in [7, 11) is 2.11. The summed E-state index contributed by atoms with van der Waals surface area (Å²) < 4.78 is 0. The second kappa shape index (κ2) is 8.49. The minimum Gasteiger partial charge on any atom is -0.302 e. The summed E-state index contributed by atoms with van der Waals surface area (Å²) in [6, 6.07) is 12.0. The Labute approximate surface area is 185 Å². The van der Waals surface area contributed by atoms with Crippen LogP contribution in [0, 0.1) is 0 Å². The molecule has 0 unspecified atom stereocenters. The molecule has 0 saturated carbocycles. The lowest BCUT2D eigenvalue weighted by molar-refractivity contribution is 0.0992. The van der Waals surface area contributed by atoms with Crippen LogP contribution in [-0.4, -0.2) is 45.8 Å². The van der Waals surface area contributed by atoms with Gasteiger partial charge in [0.1, 0.15) is 0 Å². The van der Waals surface area contributed by atoms with Crippen LogP contribution in [0.2, 0.25) is 0 Å². The fourth-order valence-corrected chi connectivity index (χ4v) is 4.46. The summed E-state index contributed by atoms with van der Waals surface area (Å²) in [5.74, 6) is 0.0580. The van der Waals surface area contributed by atoms with Crippen molar-refractivity contribution >= 4 is 33.5 Å². The summed E-state index contributed by atoms with van der Waals surface area (Å²) in [5.41, 5.74) is 6.54. The Hall–Kier alpha value is -3.22. The van der Waals surface area contributed by atoms with Crippen molar-refractivity contribution in [3.05, 3.63) is 83.5 Å². The number of thiazole rings is 1. The maximum Gasteiger partial charge on any atom is 0.168 e. The molecule has 3 aromatic heterocycles. The summed E-state index contributed by atoms with van der Waals surface area (Å²) in [6.45, 7) is 1.93. The van der Waals surface area contributed by atoms with E-state index in [2.05, 4.69) is 51.2 Å². The van der Waals surface area contributed by atoms with Crippen molar-refractivity contribution in [1.29, 1.82) is 0 Å². The number of aromatic nitrogens is 3. The molecule has 0 radical (unpaired) electrons. The Bertz CT molecular complexity index is 1280. The predicted octanol–water partition coefficient (Wildman–Crippen LogP) is 4.90. The van der Waals surface area contributed by atoms with Gasteiger partial charge in [-0.3, -0.25) is 19.7 Å². The molecule has 0 amide bonds. The predicted molar refractivity (Wildman–Crippen MR) is 125 cm³/mol. The number of nitrogens with zero attached hydrogens (tertiary/aromatic N) is 4. The third-order valence-corrected chi connectivity index (χ3v) is 6.48. The van der Waals surface area contributed by atoms with Crippen molar-refractivity contribution in [2.75, 3.05) is 20.1 Å². The lowest BCUT2D eigenvalue weighted by Gasteiger charge is -2.21. The summed E-state index contributed by atoms with van der Waals surface area (Å²) >= 11 is 1.62. The molecule has 0 fully saturated rings. The number of fused-ring (bicyclic) bond motifs is 1. The van der Waals surface area contributed by atoms with E-state index in [9.17, 15) is 4.79 Å². The van der Waals surface area contributed by atoms with E-state index in [4.69, 9.17) is 0 Å². The van der Waals surface area contributed by atoms with Gasteiger partial charge in [0, 0.05) is 48.3 Å². The van der Waals surface area contributed by atoms with E-state index in [-0.39, 0.29) is 12.2 Å². The third kappa shape index (κ3) is 4.31. The SMILES string of the molecule is CN1CC=C(c2cc(C(=O)Cc3cc4cc(-c5cncs5)ccc4cn3)ccn2)CC1. The Morgan fingerprint density at radius 2 is 2.03 bits per heavy atom. The number of carbonyl (C=O) groups is 1. The number of pyridine rings is 2. The zero-order valence-corrected chi connectivity index (χ0v) is 18.1. The van der Waals surface area contributed by atoms with Crippen LogP contribution < -0.4 is 0 Å². The van der Waals surface area contributed by atoms with Crippen molar-refractivity contribution in [3.8, 4) is 10.4 Å². The Kier molecular flexibility index (Phi) is 5.40. The number of hydrogen-bond donors (Lipinski definition) is 0. The van der Waals surface area contributed by atoms with E-state index >= 15 is 0 Å². The molecular weight excluding hydrogens is 404 g/mol. The van der Waals surface area contributed by atoms with Gasteiger partial charge in [0.2, 0.25) is 0 Å². The molecule has 6 heteroatoms. The van der Waals surface area contributed by atoms with Crippen LogP contribution >= 0.6 is 11.3 Å². The third-order valence-electron chi connectivity index (χ3n) is 5.66. The van der Waals surface area contributed by atoms with E-state index < -0.39 is 0 Å². The maximum atomic E-state index is 13.0. The number of Topliss-reactive ketones (excluding diaryl/α,β-unsaturated/α-hetero) is 1. The summed E-state index contributed by atoms with van der Waals surface area (Å²) in [4.78, 5) is 29.6. The van der Waals surface area contributed by atoms with E-state index in [0.717, 1.165) is 52.1 Å². The highest BCUT2D eigenvalue weighted by Gasteiger charge is 2.14. The first-order valence-corrected chi connectivity index (χ1v) is 11.2. The standard InChI is InChI=1S/C25H22N4OS/c1-29-8-5-17(6-9-29)23-12-18(4-7-27-23)24(30)13-22-11-21-10-19(25-15-26-16-31-25)2-3-20(21)14-28-22/h2-5,7,10-12,14-16H,6,8-9,13H2,1H3. The molecule has 154 valence electrons. The van der Waals surface area contributed by atoms with Crippen LogP contribution in [0.25, 0.3) is 26.8 Å². The molecule has 0 N–H and O–H groups in total. The molecule has 5 nitrogen and oxygen atoms in total. The molecule has 0 bridgehead atoms. The van der Waals surface area contributed by atoms with Crippen molar-refractivity contribution in [1.82, 2.24) is 19.9 Å². The van der Waals surface area contributed by atoms with Crippen molar-refractivity contribution in [2.24, 2.45) is 0 Å². The molecular formula is C25H22N4OS. The number of rotatable bonds is 5. The van der Waals surface area contributed by atoms with Crippen LogP contribution in [0.15, 0.2) is 66.6 Å². The molecule has 0 spiro atoms. The van der Waals surface area contributed by atoms with Crippen LogP contribution in [0.4, 0.5) is 0 Å². The lowest BCUT2D eigenvalue weighted by Crippen LogP contribution is -2.23. The van der Waals surface area contributed by atoms with Gasteiger partial charge in [0.25, 0.3) is 0 Å². The van der Waals surface area contributed by atoms with Crippen LogP contribution in [0.1, 0.15) is 28.2 Å². The highest BCUT2D eigenvalue weighted by Crippen LogP contribution is 2.27. The van der Waals surface area contributed by atoms with E-state index in [0.29, 0.717) is 5.56 Å². The Morgan fingerprint density at radius 1 is 1.10 bits per heavy atom. The average Bonchev–Trinajstić information content (AvgIpc) is 3.34. The second-order valence-electron chi connectivity index (χ2n) is 7.87. The van der Waals surface area contributed by atoms with Crippen molar-refractivity contribution in [2.45, 2.75) is 12.8 Å². The van der Waals surface area contributed by atoms with Gasteiger partial charge in [0.05, 0.1) is 22.5 Å². The number of ketones is 1. The number of benzene rings is 1. The van der Waals surface area contributed by atoms with Gasteiger partial charge in [0.15, 0.2) is 5.78 Å². The van der Waals surface area contributed by atoms with Crippen LogP contribution in [-0.2, 0) is 6.42 Å². The molecule has 4 aromatic rings. The van der Waals surface area contributed by atoms with Gasteiger partial charge in [-0.05, 0) is 54.3 Å². The van der Waals surface area contributed by atoms with Crippen LogP contribution in [0.3, 0.4) is 0 Å². The van der Waals surface area contributed by atoms with Crippen molar-refractivity contribution in [3.63, 3.8) is 0 Å². The highest BCUT2D eigenvalue weighted by molar-refractivity contribution is 7.13. The zero-order chi connectivity index (χ0) is 21.2. The minimum absolute atomic E-state index is 0.0580. The highest BCUT2D eigenvalue weighted by atomic mass is 32.1. The molecule has 1 aliphatic rings. The molecule has 0 aliphatic carbocycles. The number of hydrogen-bond acceptors (Lipinski definition) is 6. The Morgan fingerprint density at radius 3 is 2.84 bits per heavy atom. The maximum absolute atomic E-state index is 13.0. The fraction of sp³-hybridized carbons (Fsp3) is 0.200. The van der Waals surface area contributed by atoms with Gasteiger partial charge < -0.3 is 4.90 Å². The lowest BCUT2D eigenvalue weighted by atomic mass is 10.00. The van der Waals surface area contributed by atoms with Crippen LogP contribution in [0.5, 0.6) is 0 Å². The summed E-state index contributed by atoms with van der Waals surface area (Å²) in [5, 5.41) is 2.14. The molecule has 31 heavy (non-hydrogen) atoms. The molecule has 1 aliphatic heterocycles. The number of likely N-dealkylation sites (N-methyl/N-ethyl adjacent to an activating group) is 1. The molecule has 0 saturated heterocycles. The van der Waals surface area contributed by atoms with Gasteiger partial charge in [-0.1, -0.05) is 18.2 Å². The molecule has 5 rings (SSSR count). The first-order valence-electron chi connectivity index (χ1n) is 10.3. The quantitative estimate of drug-likeness (QED) is 0.425. The monoisotopic (exact) mass is 426 g/mol. The minimum atomic E-state index is 0.0580. The van der Waals surface area contributed by atoms with Gasteiger partial charge in [-0.2, -0.15) is 0 Å². The average molecular weight is 427 g/mol. The normalized spacial score (nSPS) is 14.5. The fourth-order valence-electron chi connectivity index (χ4n) is 3.84. The topological polar surface area (TPSA) is 59.0 Å². The van der Waals surface area contributed by atoms with E-state index in [1.54, 1.807) is 23.6 Å². The largest absolute Gasteiger partial charge is 0.302 e. The summed E-state index contributed by atoms with van der Waals surface area (Å²) in [6.07, 6.45) is 8.87. The van der Waals surface area contributed by atoms with Crippen molar-refractivity contribution < 1.29 is 4.79 Å². The molecule has 1 aromatic carbocycles. The second-order valence-corrected chi connectivity index (χ2v) is 8.76. The molecule has 0 atom stereocenters. The molecule has 4 heterocycles. The van der Waals surface area contributed by atoms with E-state index in [1.807, 2.05) is 30.0 Å². The van der Waals surface area contributed by atoms with Gasteiger partial charge >= 0.3 is 0 Å². The number of carbonyl (C=O) groups excluding carboxylic acids is 1. The smallest absolute Gasteiger partial charge is 0.168 e. The first-order chi connectivity index (χ1) is 15.2. The zero-order valence-electron chi connectivity index (χ0n) is 17.3. The van der Waals surface area contributed by atoms with E-state index in [1.165, 1.54) is 5.57 Å². The van der Waals surface area contributed by atoms with Gasteiger partial charge in [-0.15, -0.1) is 11.3 Å². The first kappa shape index (κ1) is 19.7. The van der Waals surface area contributed by atoms with Gasteiger partial charge in [-0.25, -0.2) is 0 Å². The Balaban J connectivity index is 1.38.